The van der Waals surface area contributed by atoms with Crippen molar-refractivity contribution in [1.82, 2.24) is 0 Å². The van der Waals surface area contributed by atoms with Crippen LogP contribution in [0.2, 0.25) is 0 Å². The molecule has 0 aliphatic carbocycles. The number of nitrogens with two attached hydrogens (primary N) is 1. The van der Waals surface area contributed by atoms with Gasteiger partial charge in [-0.05, 0) is 56.2 Å². The molecule has 5 heteroatoms. The molecule has 0 heterocycles. The Balaban J connectivity index is 2.52. The first-order chi connectivity index (χ1) is 9.73. The largest absolute Gasteiger partial charge is 0.399 e. The zero-order valence-electron chi connectivity index (χ0n) is 12.7. The second kappa shape index (κ2) is 5.41. The highest BCUT2D eigenvalue weighted by Crippen LogP contribution is 2.28. The minimum absolute atomic E-state index is 0.277. The van der Waals surface area contributed by atoms with Crippen molar-refractivity contribution in [1.29, 1.82) is 0 Å². The molecule has 4 nitrogen and oxygen atoms in total. The Hall–Kier alpha value is -2.01. The highest BCUT2D eigenvalue weighted by Gasteiger charge is 2.24. The molecule has 0 aliphatic heterocycles. The van der Waals surface area contributed by atoms with Crippen molar-refractivity contribution in [3.63, 3.8) is 0 Å². The van der Waals surface area contributed by atoms with Crippen LogP contribution in [-0.2, 0) is 10.0 Å². The molecule has 0 saturated heterocycles. The number of aryl methyl sites for hydroxylation is 3. The molecule has 0 bridgehead atoms. The third-order valence-electron chi connectivity index (χ3n) is 3.53. The fourth-order valence-electron chi connectivity index (χ4n) is 2.40. The first kappa shape index (κ1) is 15.4. The lowest BCUT2D eigenvalue weighted by Crippen LogP contribution is -2.27. The first-order valence-electron chi connectivity index (χ1n) is 6.66. The standard InChI is InChI=1S/C16H20N2O2S/c1-11-5-7-15(12(2)9-11)18(4)21(19,20)16-8-6-14(17)10-13(16)3/h5-10H,17H2,1-4H3. The Morgan fingerprint density at radius 1 is 0.952 bits per heavy atom. The summed E-state index contributed by atoms with van der Waals surface area (Å²) in [5, 5.41) is 0. The minimum Gasteiger partial charge on any atom is -0.399 e. The Kier molecular flexibility index (Phi) is 3.96. The number of hydrogen-bond donors (Lipinski definition) is 1. The Morgan fingerprint density at radius 3 is 2.19 bits per heavy atom. The van der Waals surface area contributed by atoms with Gasteiger partial charge in [0, 0.05) is 12.7 Å². The molecule has 0 fully saturated rings. The van der Waals surface area contributed by atoms with Crippen LogP contribution in [0.1, 0.15) is 16.7 Å². The zero-order valence-corrected chi connectivity index (χ0v) is 13.5. The minimum atomic E-state index is -3.60. The molecular weight excluding hydrogens is 284 g/mol. The molecule has 0 spiro atoms. The van der Waals surface area contributed by atoms with Crippen molar-refractivity contribution in [3.8, 4) is 0 Å². The summed E-state index contributed by atoms with van der Waals surface area (Å²) in [6.07, 6.45) is 0. The second-order valence-electron chi connectivity index (χ2n) is 5.29. The molecule has 112 valence electrons. The van der Waals surface area contributed by atoms with Gasteiger partial charge >= 0.3 is 0 Å². The summed E-state index contributed by atoms with van der Waals surface area (Å²) >= 11 is 0. The van der Waals surface area contributed by atoms with E-state index in [-0.39, 0.29) is 4.90 Å². The van der Waals surface area contributed by atoms with Gasteiger partial charge in [0.15, 0.2) is 0 Å². The number of sulfonamides is 1. The van der Waals surface area contributed by atoms with E-state index >= 15 is 0 Å². The van der Waals surface area contributed by atoms with Gasteiger partial charge in [0.2, 0.25) is 0 Å². The van der Waals surface area contributed by atoms with Crippen LogP contribution in [-0.4, -0.2) is 15.5 Å². The lowest BCUT2D eigenvalue weighted by molar-refractivity contribution is 0.593. The maximum Gasteiger partial charge on any atom is 0.264 e. The molecule has 0 amide bonds. The number of nitrogen functional groups attached to an aromatic ring is 1. The van der Waals surface area contributed by atoms with E-state index in [1.807, 2.05) is 32.0 Å². The van der Waals surface area contributed by atoms with Gasteiger partial charge in [-0.25, -0.2) is 8.42 Å². The Bertz CT molecular complexity index is 783. The van der Waals surface area contributed by atoms with Crippen LogP contribution >= 0.6 is 0 Å². The van der Waals surface area contributed by atoms with Crippen molar-refractivity contribution >= 4 is 21.4 Å². The van der Waals surface area contributed by atoms with Crippen LogP contribution in [0.3, 0.4) is 0 Å². The third-order valence-corrected chi connectivity index (χ3v) is 5.46. The molecule has 2 aromatic carbocycles. The van der Waals surface area contributed by atoms with E-state index in [9.17, 15) is 8.42 Å². The summed E-state index contributed by atoms with van der Waals surface area (Å²) in [6.45, 7) is 5.64. The lowest BCUT2D eigenvalue weighted by atomic mass is 10.1. The molecule has 21 heavy (non-hydrogen) atoms. The van der Waals surface area contributed by atoms with E-state index in [1.165, 1.54) is 4.31 Å². The monoisotopic (exact) mass is 304 g/mol. The molecular formula is C16H20N2O2S. The van der Waals surface area contributed by atoms with Gasteiger partial charge in [-0.15, -0.1) is 0 Å². The van der Waals surface area contributed by atoms with Gasteiger partial charge in [-0.2, -0.15) is 0 Å². The fourth-order valence-corrected chi connectivity index (χ4v) is 3.86. The molecule has 0 aromatic heterocycles. The number of rotatable bonds is 3. The summed E-state index contributed by atoms with van der Waals surface area (Å²) in [5.74, 6) is 0. The van der Waals surface area contributed by atoms with Crippen LogP contribution in [0.15, 0.2) is 41.3 Å². The summed E-state index contributed by atoms with van der Waals surface area (Å²) in [5.41, 5.74) is 9.60. The van der Waals surface area contributed by atoms with Crippen molar-refractivity contribution in [2.45, 2.75) is 25.7 Å². The molecule has 2 N–H and O–H groups in total. The van der Waals surface area contributed by atoms with E-state index in [0.717, 1.165) is 11.1 Å². The van der Waals surface area contributed by atoms with E-state index < -0.39 is 10.0 Å². The summed E-state index contributed by atoms with van der Waals surface area (Å²) < 4.78 is 26.9. The van der Waals surface area contributed by atoms with Crippen LogP contribution in [0.4, 0.5) is 11.4 Å². The van der Waals surface area contributed by atoms with Gasteiger partial charge in [-0.3, -0.25) is 4.31 Å². The topological polar surface area (TPSA) is 63.4 Å². The summed E-state index contributed by atoms with van der Waals surface area (Å²) in [6, 6.07) is 10.5. The average molecular weight is 304 g/mol. The number of nitrogens with zero attached hydrogens (tertiary/aromatic N) is 1. The van der Waals surface area contributed by atoms with E-state index in [2.05, 4.69) is 0 Å². The smallest absolute Gasteiger partial charge is 0.264 e. The first-order valence-corrected chi connectivity index (χ1v) is 8.10. The molecule has 0 atom stereocenters. The molecule has 0 radical (unpaired) electrons. The maximum absolute atomic E-state index is 12.8. The Morgan fingerprint density at radius 2 is 1.62 bits per heavy atom. The van der Waals surface area contributed by atoms with Gasteiger partial charge in [0.1, 0.15) is 0 Å². The lowest BCUT2D eigenvalue weighted by Gasteiger charge is -2.22. The predicted molar refractivity (Wildman–Crippen MR) is 87.1 cm³/mol. The highest BCUT2D eigenvalue weighted by molar-refractivity contribution is 7.92. The number of hydrogen-bond acceptors (Lipinski definition) is 3. The van der Waals surface area contributed by atoms with Crippen molar-refractivity contribution in [3.05, 3.63) is 53.1 Å². The number of anilines is 2. The molecule has 0 saturated carbocycles. The Labute approximate surface area is 126 Å². The van der Waals surface area contributed by atoms with Crippen LogP contribution < -0.4 is 10.0 Å². The average Bonchev–Trinajstić information content (AvgIpc) is 2.37. The zero-order chi connectivity index (χ0) is 15.8. The van der Waals surface area contributed by atoms with E-state index in [4.69, 9.17) is 5.73 Å². The van der Waals surface area contributed by atoms with Crippen LogP contribution in [0.25, 0.3) is 0 Å². The predicted octanol–water partition coefficient (Wildman–Crippen LogP) is 3.02. The van der Waals surface area contributed by atoms with E-state index in [1.54, 1.807) is 32.2 Å². The van der Waals surface area contributed by atoms with Crippen molar-refractivity contribution in [2.24, 2.45) is 0 Å². The van der Waals surface area contributed by atoms with E-state index in [0.29, 0.717) is 16.9 Å². The molecule has 0 unspecified atom stereocenters. The quantitative estimate of drug-likeness (QED) is 0.887. The van der Waals surface area contributed by atoms with Crippen molar-refractivity contribution in [2.75, 3.05) is 17.1 Å². The SMILES string of the molecule is Cc1ccc(N(C)S(=O)(=O)c2ccc(N)cc2C)c(C)c1. The summed E-state index contributed by atoms with van der Waals surface area (Å²) in [4.78, 5) is 0.277. The highest BCUT2D eigenvalue weighted by atomic mass is 32.2. The van der Waals surface area contributed by atoms with Gasteiger partial charge in [0.05, 0.1) is 10.6 Å². The van der Waals surface area contributed by atoms with Gasteiger partial charge in [0.25, 0.3) is 10.0 Å². The third kappa shape index (κ3) is 2.88. The molecule has 2 rings (SSSR count). The van der Waals surface area contributed by atoms with Gasteiger partial charge in [-0.1, -0.05) is 17.7 Å². The molecule has 2 aromatic rings. The normalized spacial score (nSPS) is 11.4. The molecule has 0 aliphatic rings. The van der Waals surface area contributed by atoms with Crippen LogP contribution in [0.5, 0.6) is 0 Å². The fraction of sp³-hybridized carbons (Fsp3) is 0.250. The van der Waals surface area contributed by atoms with Crippen molar-refractivity contribution < 1.29 is 8.42 Å². The second-order valence-corrected chi connectivity index (χ2v) is 7.23. The number of benzene rings is 2. The summed E-state index contributed by atoms with van der Waals surface area (Å²) in [7, 11) is -2.02. The maximum atomic E-state index is 12.8. The van der Waals surface area contributed by atoms with Gasteiger partial charge < -0.3 is 5.73 Å². The van der Waals surface area contributed by atoms with Crippen LogP contribution in [0, 0.1) is 20.8 Å².